The predicted octanol–water partition coefficient (Wildman–Crippen LogP) is 3.35. The Labute approximate surface area is 145 Å². The van der Waals surface area contributed by atoms with Crippen molar-refractivity contribution < 1.29 is 9.53 Å². The van der Waals surface area contributed by atoms with Gasteiger partial charge in [-0.15, -0.1) is 0 Å². The second-order valence-electron chi connectivity index (χ2n) is 7.39. The highest BCUT2D eigenvalue weighted by Crippen LogP contribution is 2.25. The number of carbonyl (C=O) groups is 1. The van der Waals surface area contributed by atoms with Crippen LogP contribution in [-0.4, -0.2) is 36.0 Å². The lowest BCUT2D eigenvalue weighted by Crippen LogP contribution is -2.49. The van der Waals surface area contributed by atoms with E-state index in [1.165, 1.54) is 31.2 Å². The molecule has 4 heteroatoms. The Bertz CT molecular complexity index is 554. The molecule has 4 nitrogen and oxygen atoms in total. The second-order valence-corrected chi connectivity index (χ2v) is 7.39. The van der Waals surface area contributed by atoms with Crippen LogP contribution in [0.4, 0.5) is 0 Å². The summed E-state index contributed by atoms with van der Waals surface area (Å²) in [7, 11) is 0. The maximum atomic E-state index is 11.5. The average Bonchev–Trinajstić information content (AvgIpc) is 3.07. The van der Waals surface area contributed by atoms with Gasteiger partial charge in [0.05, 0.1) is 6.10 Å². The number of ether oxygens (including phenoxy) is 1. The van der Waals surface area contributed by atoms with Gasteiger partial charge in [-0.05, 0) is 55.7 Å². The molecule has 1 amide bonds. The third kappa shape index (κ3) is 4.50. The number of hydrogen-bond acceptors (Lipinski definition) is 3. The van der Waals surface area contributed by atoms with Crippen LogP contribution in [0.3, 0.4) is 0 Å². The fourth-order valence-corrected chi connectivity index (χ4v) is 3.91. The molecule has 1 N–H and O–H groups in total. The highest BCUT2D eigenvalue weighted by atomic mass is 16.5. The zero-order chi connectivity index (χ0) is 16.9. The van der Waals surface area contributed by atoms with Gasteiger partial charge in [-0.25, -0.2) is 0 Å². The molecule has 0 radical (unpaired) electrons. The SMILES string of the molecule is CC(=O)N1CCC(NCc2cccc(OC3CCCC3)c2)C(C)C1. The Balaban J connectivity index is 1.50. The number of nitrogens with one attached hydrogen (secondary N) is 1. The van der Waals surface area contributed by atoms with Gasteiger partial charge in [-0.1, -0.05) is 19.1 Å². The molecule has 1 aliphatic carbocycles. The highest BCUT2D eigenvalue weighted by molar-refractivity contribution is 5.73. The molecule has 2 unspecified atom stereocenters. The maximum absolute atomic E-state index is 11.5. The molecule has 1 aromatic carbocycles. The van der Waals surface area contributed by atoms with Crippen LogP contribution in [0.5, 0.6) is 5.75 Å². The molecular formula is C20H30N2O2. The van der Waals surface area contributed by atoms with Gasteiger partial charge in [-0.2, -0.15) is 0 Å². The Hall–Kier alpha value is -1.55. The van der Waals surface area contributed by atoms with Crippen LogP contribution >= 0.6 is 0 Å². The lowest BCUT2D eigenvalue weighted by Gasteiger charge is -2.37. The van der Waals surface area contributed by atoms with E-state index in [9.17, 15) is 4.79 Å². The van der Waals surface area contributed by atoms with E-state index >= 15 is 0 Å². The van der Waals surface area contributed by atoms with E-state index in [1.54, 1.807) is 6.92 Å². The van der Waals surface area contributed by atoms with Crippen molar-refractivity contribution in [3.05, 3.63) is 29.8 Å². The summed E-state index contributed by atoms with van der Waals surface area (Å²) in [6, 6.07) is 8.95. The van der Waals surface area contributed by atoms with Gasteiger partial charge in [-0.3, -0.25) is 4.79 Å². The van der Waals surface area contributed by atoms with Crippen molar-refractivity contribution in [1.29, 1.82) is 0 Å². The van der Waals surface area contributed by atoms with E-state index in [2.05, 4.69) is 36.5 Å². The summed E-state index contributed by atoms with van der Waals surface area (Å²) in [5.41, 5.74) is 1.27. The van der Waals surface area contributed by atoms with Crippen LogP contribution in [0.2, 0.25) is 0 Å². The molecule has 2 atom stereocenters. The van der Waals surface area contributed by atoms with Crippen molar-refractivity contribution in [2.75, 3.05) is 13.1 Å². The average molecular weight is 330 g/mol. The topological polar surface area (TPSA) is 41.6 Å². The maximum Gasteiger partial charge on any atom is 0.219 e. The molecule has 1 aromatic rings. The standard InChI is InChI=1S/C20H30N2O2/c1-15-14-22(16(2)23)11-10-20(15)21-13-17-6-5-9-19(12-17)24-18-7-3-4-8-18/h5-6,9,12,15,18,20-21H,3-4,7-8,10-11,13-14H2,1-2H3. The minimum Gasteiger partial charge on any atom is -0.490 e. The number of amides is 1. The molecule has 1 saturated carbocycles. The highest BCUT2D eigenvalue weighted by Gasteiger charge is 2.26. The third-order valence-corrected chi connectivity index (χ3v) is 5.42. The number of nitrogens with zero attached hydrogens (tertiary/aromatic N) is 1. The van der Waals surface area contributed by atoms with Gasteiger partial charge < -0.3 is 15.0 Å². The summed E-state index contributed by atoms with van der Waals surface area (Å²) in [6.45, 7) is 6.47. The lowest BCUT2D eigenvalue weighted by molar-refractivity contribution is -0.130. The van der Waals surface area contributed by atoms with Crippen molar-refractivity contribution in [3.63, 3.8) is 0 Å². The number of rotatable bonds is 5. The van der Waals surface area contributed by atoms with Crippen LogP contribution in [0.1, 0.15) is 51.5 Å². The summed E-state index contributed by atoms with van der Waals surface area (Å²) in [5.74, 6) is 1.68. The molecule has 132 valence electrons. The molecule has 3 rings (SSSR count). The predicted molar refractivity (Wildman–Crippen MR) is 96.0 cm³/mol. The molecule has 24 heavy (non-hydrogen) atoms. The molecule has 1 saturated heterocycles. The quantitative estimate of drug-likeness (QED) is 0.900. The van der Waals surface area contributed by atoms with Gasteiger partial charge in [0.15, 0.2) is 0 Å². The molecule has 2 aliphatic rings. The Morgan fingerprint density at radius 3 is 2.79 bits per heavy atom. The minimum atomic E-state index is 0.192. The zero-order valence-electron chi connectivity index (χ0n) is 15.0. The summed E-state index contributed by atoms with van der Waals surface area (Å²) in [6.07, 6.45) is 6.40. The monoisotopic (exact) mass is 330 g/mol. The summed E-state index contributed by atoms with van der Waals surface area (Å²) in [4.78, 5) is 13.5. The van der Waals surface area contributed by atoms with Gasteiger partial charge in [0, 0.05) is 32.6 Å². The summed E-state index contributed by atoms with van der Waals surface area (Å²) >= 11 is 0. The first-order valence-corrected chi connectivity index (χ1v) is 9.36. The van der Waals surface area contributed by atoms with Crippen LogP contribution in [0.25, 0.3) is 0 Å². The smallest absolute Gasteiger partial charge is 0.219 e. The van der Waals surface area contributed by atoms with Crippen LogP contribution in [-0.2, 0) is 11.3 Å². The largest absolute Gasteiger partial charge is 0.490 e. The normalized spacial score (nSPS) is 25.0. The fourth-order valence-electron chi connectivity index (χ4n) is 3.91. The zero-order valence-corrected chi connectivity index (χ0v) is 15.0. The Morgan fingerprint density at radius 1 is 1.29 bits per heavy atom. The van der Waals surface area contributed by atoms with Crippen molar-refractivity contribution in [2.24, 2.45) is 5.92 Å². The second kappa shape index (κ2) is 8.02. The summed E-state index contributed by atoms with van der Waals surface area (Å²) in [5, 5.41) is 3.67. The van der Waals surface area contributed by atoms with E-state index in [4.69, 9.17) is 4.74 Å². The molecule has 1 aliphatic heterocycles. The molecule has 0 aromatic heterocycles. The molecule has 2 fully saturated rings. The van der Waals surface area contributed by atoms with Crippen molar-refractivity contribution >= 4 is 5.91 Å². The van der Waals surface area contributed by atoms with E-state index in [-0.39, 0.29) is 5.91 Å². The van der Waals surface area contributed by atoms with Gasteiger partial charge in [0.1, 0.15) is 5.75 Å². The fraction of sp³-hybridized carbons (Fsp3) is 0.650. The number of benzene rings is 1. The molecular weight excluding hydrogens is 300 g/mol. The number of piperidine rings is 1. The summed E-state index contributed by atoms with van der Waals surface area (Å²) < 4.78 is 6.10. The van der Waals surface area contributed by atoms with E-state index in [0.29, 0.717) is 18.1 Å². The minimum absolute atomic E-state index is 0.192. The number of likely N-dealkylation sites (tertiary alicyclic amines) is 1. The van der Waals surface area contributed by atoms with Crippen LogP contribution in [0, 0.1) is 5.92 Å². The van der Waals surface area contributed by atoms with Crippen molar-refractivity contribution in [1.82, 2.24) is 10.2 Å². The van der Waals surface area contributed by atoms with Gasteiger partial charge in [0.2, 0.25) is 5.91 Å². The third-order valence-electron chi connectivity index (χ3n) is 5.42. The van der Waals surface area contributed by atoms with Crippen LogP contribution in [0.15, 0.2) is 24.3 Å². The van der Waals surface area contributed by atoms with E-state index < -0.39 is 0 Å². The van der Waals surface area contributed by atoms with Crippen LogP contribution < -0.4 is 10.1 Å². The lowest BCUT2D eigenvalue weighted by atomic mass is 9.93. The van der Waals surface area contributed by atoms with Crippen molar-refractivity contribution in [3.8, 4) is 5.75 Å². The first kappa shape index (κ1) is 17.3. The number of carbonyl (C=O) groups excluding carboxylic acids is 1. The Morgan fingerprint density at radius 2 is 2.08 bits per heavy atom. The first-order chi connectivity index (χ1) is 11.6. The van der Waals surface area contributed by atoms with Crippen molar-refractivity contribution in [2.45, 2.75) is 64.6 Å². The van der Waals surface area contributed by atoms with Gasteiger partial charge >= 0.3 is 0 Å². The molecule has 0 spiro atoms. The molecule has 1 heterocycles. The van der Waals surface area contributed by atoms with E-state index in [0.717, 1.165) is 31.8 Å². The van der Waals surface area contributed by atoms with E-state index in [1.807, 2.05) is 4.90 Å². The number of hydrogen-bond donors (Lipinski definition) is 1. The molecule has 0 bridgehead atoms. The van der Waals surface area contributed by atoms with Gasteiger partial charge in [0.25, 0.3) is 0 Å². The first-order valence-electron chi connectivity index (χ1n) is 9.36. The Kier molecular flexibility index (Phi) is 5.77.